The van der Waals surface area contributed by atoms with Gasteiger partial charge in [-0.05, 0) is 55.3 Å². The van der Waals surface area contributed by atoms with Crippen molar-refractivity contribution in [1.29, 1.82) is 0 Å². The van der Waals surface area contributed by atoms with E-state index in [4.69, 9.17) is 0 Å². The van der Waals surface area contributed by atoms with E-state index in [0.717, 1.165) is 11.1 Å². The van der Waals surface area contributed by atoms with Crippen LogP contribution in [0, 0.1) is 6.92 Å². The van der Waals surface area contributed by atoms with Crippen LogP contribution in [0.2, 0.25) is 0 Å². The molecule has 1 heterocycles. The molecular weight excluding hydrogens is 416 g/mol. The van der Waals surface area contributed by atoms with Gasteiger partial charge in [0.1, 0.15) is 0 Å². The van der Waals surface area contributed by atoms with E-state index in [-0.39, 0.29) is 24.4 Å². The van der Waals surface area contributed by atoms with Crippen molar-refractivity contribution in [1.82, 2.24) is 9.80 Å². The fourth-order valence-electron chi connectivity index (χ4n) is 3.62. The molecule has 0 N–H and O–H groups in total. The molecule has 2 amide bonds. The molecule has 0 unspecified atom stereocenters. The molecule has 0 aliphatic heterocycles. The van der Waals surface area contributed by atoms with Gasteiger partial charge in [-0.3, -0.25) is 9.59 Å². The maximum absolute atomic E-state index is 13.4. The largest absolute Gasteiger partial charge is 0.332 e. The van der Waals surface area contributed by atoms with Crippen LogP contribution in [0.15, 0.2) is 72.1 Å². The molecule has 3 aromatic rings. The number of amides is 2. The van der Waals surface area contributed by atoms with Gasteiger partial charge in [-0.1, -0.05) is 60.7 Å². The van der Waals surface area contributed by atoms with Crippen LogP contribution in [-0.4, -0.2) is 34.2 Å². The number of thiophene rings is 1. The molecule has 2 aromatic carbocycles. The average Bonchev–Trinajstić information content (AvgIpc) is 3.20. The van der Waals surface area contributed by atoms with Gasteiger partial charge in [0, 0.05) is 23.9 Å². The van der Waals surface area contributed by atoms with Gasteiger partial charge >= 0.3 is 0 Å². The summed E-state index contributed by atoms with van der Waals surface area (Å²) in [5.41, 5.74) is 3.41. The number of nitrogens with zero attached hydrogens (tertiary/aromatic N) is 2. The molecule has 168 valence electrons. The first-order valence-electron chi connectivity index (χ1n) is 11.1. The summed E-state index contributed by atoms with van der Waals surface area (Å²) >= 11 is 1.67. The normalized spacial score (nSPS) is 10.9. The lowest BCUT2D eigenvalue weighted by Gasteiger charge is -2.30. The fourth-order valence-corrected chi connectivity index (χ4v) is 4.54. The Balaban J connectivity index is 1.70. The summed E-state index contributed by atoms with van der Waals surface area (Å²) in [5, 5.41) is 2.06. The van der Waals surface area contributed by atoms with E-state index in [0.29, 0.717) is 25.9 Å². The zero-order valence-electron chi connectivity index (χ0n) is 19.2. The van der Waals surface area contributed by atoms with Crippen molar-refractivity contribution in [2.45, 2.75) is 52.7 Å². The van der Waals surface area contributed by atoms with E-state index < -0.39 is 0 Å². The van der Waals surface area contributed by atoms with Gasteiger partial charge in [0.15, 0.2) is 0 Å². The van der Waals surface area contributed by atoms with E-state index in [1.54, 1.807) is 16.2 Å². The van der Waals surface area contributed by atoms with Crippen LogP contribution < -0.4 is 0 Å². The standard InChI is InChI=1S/C27H32N2O2S/c1-21(2)29(26(30)15-14-23-10-6-4-7-11-23)20-27(31)28(18-24-12-8-5-9-13-24)19-25-22(3)16-17-32-25/h4-13,16-17,21H,14-15,18-20H2,1-3H3. The lowest BCUT2D eigenvalue weighted by atomic mass is 10.1. The first-order valence-corrected chi connectivity index (χ1v) is 12.0. The van der Waals surface area contributed by atoms with Crippen molar-refractivity contribution in [3.8, 4) is 0 Å². The van der Waals surface area contributed by atoms with E-state index in [1.165, 1.54) is 10.4 Å². The van der Waals surface area contributed by atoms with Crippen molar-refractivity contribution in [2.24, 2.45) is 0 Å². The summed E-state index contributed by atoms with van der Waals surface area (Å²) in [6, 6.07) is 22.1. The van der Waals surface area contributed by atoms with Gasteiger partial charge in [-0.2, -0.15) is 0 Å². The molecule has 4 nitrogen and oxygen atoms in total. The molecule has 0 saturated carbocycles. The first kappa shape index (κ1) is 23.7. The number of hydrogen-bond donors (Lipinski definition) is 0. The summed E-state index contributed by atoms with van der Waals surface area (Å²) in [7, 11) is 0. The minimum Gasteiger partial charge on any atom is -0.332 e. The molecule has 32 heavy (non-hydrogen) atoms. The molecule has 0 fully saturated rings. The Morgan fingerprint density at radius 3 is 2.03 bits per heavy atom. The SMILES string of the molecule is Cc1ccsc1CN(Cc1ccccc1)C(=O)CN(C(=O)CCc1ccccc1)C(C)C. The van der Waals surface area contributed by atoms with Crippen LogP contribution in [0.25, 0.3) is 0 Å². The van der Waals surface area contributed by atoms with Gasteiger partial charge in [0.2, 0.25) is 11.8 Å². The summed E-state index contributed by atoms with van der Waals surface area (Å²) in [6.45, 7) is 7.20. The zero-order valence-corrected chi connectivity index (χ0v) is 20.0. The van der Waals surface area contributed by atoms with Crippen LogP contribution in [0.5, 0.6) is 0 Å². The van der Waals surface area contributed by atoms with Crippen molar-refractivity contribution < 1.29 is 9.59 Å². The van der Waals surface area contributed by atoms with Crippen LogP contribution in [0.4, 0.5) is 0 Å². The second-order valence-electron chi connectivity index (χ2n) is 8.36. The second kappa shape index (κ2) is 11.6. The minimum atomic E-state index is -0.0377. The Labute approximate surface area is 195 Å². The van der Waals surface area contributed by atoms with E-state index in [9.17, 15) is 9.59 Å². The molecule has 0 aliphatic rings. The highest BCUT2D eigenvalue weighted by Crippen LogP contribution is 2.20. The van der Waals surface area contributed by atoms with Gasteiger partial charge in [0.05, 0.1) is 13.1 Å². The van der Waals surface area contributed by atoms with Crippen molar-refractivity contribution in [3.05, 3.63) is 93.7 Å². The third kappa shape index (κ3) is 6.79. The molecule has 0 aliphatic carbocycles. The Morgan fingerprint density at radius 2 is 1.47 bits per heavy atom. The Kier molecular flexibility index (Phi) is 8.63. The van der Waals surface area contributed by atoms with E-state index >= 15 is 0 Å². The number of hydrogen-bond acceptors (Lipinski definition) is 3. The minimum absolute atomic E-state index is 0.0177. The molecule has 5 heteroatoms. The number of benzene rings is 2. The number of carbonyl (C=O) groups excluding carboxylic acids is 2. The van der Waals surface area contributed by atoms with Crippen molar-refractivity contribution in [2.75, 3.05) is 6.54 Å². The lowest BCUT2D eigenvalue weighted by molar-refractivity contribution is -0.142. The quantitative estimate of drug-likeness (QED) is 0.413. The highest BCUT2D eigenvalue weighted by molar-refractivity contribution is 7.10. The van der Waals surface area contributed by atoms with Gasteiger partial charge in [-0.15, -0.1) is 11.3 Å². The summed E-state index contributed by atoms with van der Waals surface area (Å²) in [4.78, 5) is 31.2. The maximum Gasteiger partial charge on any atom is 0.242 e. The smallest absolute Gasteiger partial charge is 0.242 e. The zero-order chi connectivity index (χ0) is 22.9. The number of rotatable bonds is 10. The highest BCUT2D eigenvalue weighted by Gasteiger charge is 2.24. The summed E-state index contributed by atoms with van der Waals surface area (Å²) < 4.78 is 0. The molecule has 0 radical (unpaired) electrons. The average molecular weight is 449 g/mol. The Hall–Kier alpha value is -2.92. The highest BCUT2D eigenvalue weighted by atomic mass is 32.1. The van der Waals surface area contributed by atoms with Gasteiger partial charge in [-0.25, -0.2) is 0 Å². The van der Waals surface area contributed by atoms with Crippen molar-refractivity contribution in [3.63, 3.8) is 0 Å². The van der Waals surface area contributed by atoms with E-state index in [2.05, 4.69) is 18.4 Å². The third-order valence-electron chi connectivity index (χ3n) is 5.59. The Morgan fingerprint density at radius 1 is 0.844 bits per heavy atom. The number of aryl methyl sites for hydroxylation is 2. The molecule has 3 rings (SSSR count). The topological polar surface area (TPSA) is 40.6 Å². The molecule has 0 spiro atoms. The molecular formula is C27H32N2O2S. The number of carbonyl (C=O) groups is 2. The lowest BCUT2D eigenvalue weighted by Crippen LogP contribution is -2.45. The van der Waals surface area contributed by atoms with Crippen LogP contribution >= 0.6 is 11.3 Å². The first-order chi connectivity index (χ1) is 15.4. The third-order valence-corrected chi connectivity index (χ3v) is 6.60. The second-order valence-corrected chi connectivity index (χ2v) is 9.36. The van der Waals surface area contributed by atoms with Gasteiger partial charge < -0.3 is 9.80 Å². The monoisotopic (exact) mass is 448 g/mol. The predicted octanol–water partition coefficient (Wildman–Crippen LogP) is 5.46. The molecule has 0 saturated heterocycles. The van der Waals surface area contributed by atoms with Crippen LogP contribution in [0.3, 0.4) is 0 Å². The fraction of sp³-hybridized carbons (Fsp3) is 0.333. The molecule has 1 aromatic heterocycles. The Bertz CT molecular complexity index is 999. The maximum atomic E-state index is 13.4. The van der Waals surface area contributed by atoms with Gasteiger partial charge in [0.25, 0.3) is 0 Å². The van der Waals surface area contributed by atoms with Crippen LogP contribution in [0.1, 0.15) is 41.8 Å². The van der Waals surface area contributed by atoms with Crippen LogP contribution in [-0.2, 0) is 29.1 Å². The summed E-state index contributed by atoms with van der Waals surface area (Å²) in [5.74, 6) is -0.00687. The molecule has 0 bridgehead atoms. The molecule has 0 atom stereocenters. The summed E-state index contributed by atoms with van der Waals surface area (Å²) in [6.07, 6.45) is 1.08. The predicted molar refractivity (Wildman–Crippen MR) is 131 cm³/mol. The van der Waals surface area contributed by atoms with E-state index in [1.807, 2.05) is 79.4 Å². The van der Waals surface area contributed by atoms with Crippen molar-refractivity contribution >= 4 is 23.2 Å².